The molecule has 4 N–H and O–H groups in total. The lowest BCUT2D eigenvalue weighted by atomic mass is 9.91. The number of amides is 2. The molecule has 78 valence electrons. The van der Waals surface area contributed by atoms with E-state index in [2.05, 4.69) is 5.32 Å². The Morgan fingerprint density at radius 1 is 1.29 bits per heavy atom. The van der Waals surface area contributed by atoms with Gasteiger partial charge in [-0.1, -0.05) is 0 Å². The van der Waals surface area contributed by atoms with Crippen molar-refractivity contribution >= 4 is 11.8 Å². The zero-order valence-corrected chi connectivity index (χ0v) is 7.88. The van der Waals surface area contributed by atoms with Crippen molar-refractivity contribution in [2.24, 2.45) is 5.73 Å². The van der Waals surface area contributed by atoms with Crippen LogP contribution >= 0.6 is 0 Å². The minimum Gasteiger partial charge on any atom is -0.376 e. The maximum atomic E-state index is 11.4. The van der Waals surface area contributed by atoms with Crippen LogP contribution < -0.4 is 11.1 Å². The van der Waals surface area contributed by atoms with Crippen molar-refractivity contribution in [2.45, 2.75) is 25.7 Å². The third-order valence-corrected chi connectivity index (χ3v) is 2.28. The fourth-order valence-corrected chi connectivity index (χ4v) is 1.61. The van der Waals surface area contributed by atoms with Crippen molar-refractivity contribution in [2.75, 3.05) is 6.73 Å². The van der Waals surface area contributed by atoms with Crippen molar-refractivity contribution in [3.63, 3.8) is 0 Å². The first kappa shape index (κ1) is 10.7. The van der Waals surface area contributed by atoms with Gasteiger partial charge in [-0.2, -0.15) is 0 Å². The van der Waals surface area contributed by atoms with Crippen molar-refractivity contribution in [1.29, 1.82) is 0 Å². The molecule has 1 aliphatic rings. The molecule has 14 heavy (non-hydrogen) atoms. The summed E-state index contributed by atoms with van der Waals surface area (Å²) in [6, 6.07) is 0. The molecule has 0 heterocycles. The number of primary amides is 1. The van der Waals surface area contributed by atoms with Gasteiger partial charge in [0.2, 0.25) is 11.8 Å². The van der Waals surface area contributed by atoms with E-state index in [1.165, 1.54) is 0 Å². The molecule has 0 spiro atoms. The normalized spacial score (nSPS) is 16.6. The number of hydrogen-bond acceptors (Lipinski definition) is 3. The van der Waals surface area contributed by atoms with Crippen LogP contribution in [0.1, 0.15) is 25.7 Å². The van der Waals surface area contributed by atoms with Gasteiger partial charge in [-0.25, -0.2) is 0 Å². The number of hydrogen-bond donors (Lipinski definition) is 3. The minimum absolute atomic E-state index is 0.388. The largest absolute Gasteiger partial charge is 0.376 e. The van der Waals surface area contributed by atoms with E-state index < -0.39 is 12.6 Å². The molecule has 1 aliphatic carbocycles. The molecule has 0 unspecified atom stereocenters. The molecule has 0 saturated heterocycles. The van der Waals surface area contributed by atoms with Gasteiger partial charge < -0.3 is 16.2 Å². The van der Waals surface area contributed by atoms with E-state index in [1.807, 2.05) is 0 Å². The van der Waals surface area contributed by atoms with Crippen molar-refractivity contribution in [3.05, 3.63) is 11.1 Å². The summed E-state index contributed by atoms with van der Waals surface area (Å²) in [7, 11) is 0. The van der Waals surface area contributed by atoms with Crippen LogP contribution in [0.5, 0.6) is 0 Å². The number of carbonyl (C=O) groups excluding carboxylic acids is 2. The summed E-state index contributed by atoms with van der Waals surface area (Å²) in [4.78, 5) is 22.4. The van der Waals surface area contributed by atoms with Gasteiger partial charge in [0.15, 0.2) is 0 Å². The molecule has 0 atom stereocenters. The number of nitrogens with one attached hydrogen (secondary N) is 1. The first-order valence-corrected chi connectivity index (χ1v) is 4.57. The molecule has 0 fully saturated rings. The van der Waals surface area contributed by atoms with Gasteiger partial charge in [0, 0.05) is 11.1 Å². The third-order valence-electron chi connectivity index (χ3n) is 2.28. The molecule has 0 aromatic carbocycles. The van der Waals surface area contributed by atoms with Crippen LogP contribution in [0.4, 0.5) is 0 Å². The Kier molecular flexibility index (Phi) is 3.64. The van der Waals surface area contributed by atoms with Gasteiger partial charge in [0.25, 0.3) is 0 Å². The highest BCUT2D eigenvalue weighted by Crippen LogP contribution is 2.24. The lowest BCUT2D eigenvalue weighted by Crippen LogP contribution is -2.30. The van der Waals surface area contributed by atoms with Gasteiger partial charge >= 0.3 is 0 Å². The predicted octanol–water partition coefficient (Wildman–Crippen LogP) is -0.592. The van der Waals surface area contributed by atoms with E-state index >= 15 is 0 Å². The zero-order valence-electron chi connectivity index (χ0n) is 7.88. The Labute approximate surface area is 82.0 Å². The van der Waals surface area contributed by atoms with Crippen LogP contribution in [-0.2, 0) is 9.59 Å². The van der Waals surface area contributed by atoms with Crippen molar-refractivity contribution < 1.29 is 14.7 Å². The van der Waals surface area contributed by atoms with Crippen LogP contribution in [0.2, 0.25) is 0 Å². The Balaban J connectivity index is 2.88. The maximum absolute atomic E-state index is 11.4. The van der Waals surface area contributed by atoms with E-state index in [-0.39, 0.29) is 5.91 Å². The lowest BCUT2D eigenvalue weighted by molar-refractivity contribution is -0.120. The Hall–Kier alpha value is -1.36. The van der Waals surface area contributed by atoms with Crippen molar-refractivity contribution in [1.82, 2.24) is 5.32 Å². The third kappa shape index (κ3) is 2.32. The second-order valence-corrected chi connectivity index (χ2v) is 3.19. The Bertz CT molecular complexity index is 284. The van der Waals surface area contributed by atoms with Crippen LogP contribution in [0.3, 0.4) is 0 Å². The lowest BCUT2D eigenvalue weighted by Gasteiger charge is -2.17. The van der Waals surface area contributed by atoms with Crippen LogP contribution in [0.15, 0.2) is 11.1 Å². The summed E-state index contributed by atoms with van der Waals surface area (Å²) in [5.41, 5.74) is 5.99. The highest BCUT2D eigenvalue weighted by Gasteiger charge is 2.21. The van der Waals surface area contributed by atoms with Gasteiger partial charge in [-0.15, -0.1) is 0 Å². The van der Waals surface area contributed by atoms with E-state index in [0.717, 1.165) is 12.8 Å². The molecule has 0 aliphatic heterocycles. The fraction of sp³-hybridized carbons (Fsp3) is 0.556. The molecule has 1 rings (SSSR count). The van der Waals surface area contributed by atoms with E-state index in [0.29, 0.717) is 24.0 Å². The van der Waals surface area contributed by atoms with Gasteiger partial charge in [0.05, 0.1) is 0 Å². The minimum atomic E-state index is -0.534. The summed E-state index contributed by atoms with van der Waals surface area (Å²) in [6.45, 7) is -0.422. The quantitative estimate of drug-likeness (QED) is 0.529. The predicted molar refractivity (Wildman–Crippen MR) is 49.9 cm³/mol. The first-order chi connectivity index (χ1) is 6.66. The maximum Gasteiger partial charge on any atom is 0.249 e. The summed E-state index contributed by atoms with van der Waals surface area (Å²) in [6.07, 6.45) is 2.88. The van der Waals surface area contributed by atoms with Gasteiger partial charge in [-0.3, -0.25) is 9.59 Å². The average molecular weight is 198 g/mol. The Morgan fingerprint density at radius 2 is 1.86 bits per heavy atom. The standard InChI is InChI=1S/C9H14N2O3/c10-8(13)6-3-1-2-4-7(6)9(14)11-5-12/h12H,1-5H2,(H2,10,13)(H,11,14). The van der Waals surface area contributed by atoms with Crippen LogP contribution in [0, 0.1) is 0 Å². The molecular formula is C9H14N2O3. The molecule has 5 heteroatoms. The molecular weight excluding hydrogens is 184 g/mol. The average Bonchev–Trinajstić information content (AvgIpc) is 2.18. The molecule has 0 aromatic rings. The number of carbonyl (C=O) groups is 2. The molecule has 0 aromatic heterocycles. The number of aliphatic hydroxyl groups excluding tert-OH is 1. The highest BCUT2D eigenvalue weighted by atomic mass is 16.3. The first-order valence-electron chi connectivity index (χ1n) is 4.57. The Morgan fingerprint density at radius 3 is 2.36 bits per heavy atom. The van der Waals surface area contributed by atoms with Crippen LogP contribution in [-0.4, -0.2) is 23.7 Å². The van der Waals surface area contributed by atoms with Crippen molar-refractivity contribution in [3.8, 4) is 0 Å². The summed E-state index contributed by atoms with van der Waals surface area (Å²) in [5, 5.41) is 10.8. The summed E-state index contributed by atoms with van der Waals surface area (Å²) in [5.74, 6) is -0.922. The second kappa shape index (κ2) is 4.76. The van der Waals surface area contributed by atoms with Crippen LogP contribution in [0.25, 0.3) is 0 Å². The number of aliphatic hydroxyl groups is 1. The topological polar surface area (TPSA) is 92.4 Å². The van der Waals surface area contributed by atoms with E-state index in [1.54, 1.807) is 0 Å². The SMILES string of the molecule is NC(=O)C1=C(C(=O)NCO)CCCC1. The summed E-state index contributed by atoms with van der Waals surface area (Å²) < 4.78 is 0. The van der Waals surface area contributed by atoms with Gasteiger partial charge in [0.1, 0.15) is 6.73 Å². The molecule has 5 nitrogen and oxygen atoms in total. The molecule has 2 amide bonds. The smallest absolute Gasteiger partial charge is 0.249 e. The fourth-order valence-electron chi connectivity index (χ4n) is 1.61. The monoisotopic (exact) mass is 198 g/mol. The summed E-state index contributed by atoms with van der Waals surface area (Å²) >= 11 is 0. The number of nitrogens with two attached hydrogens (primary N) is 1. The van der Waals surface area contributed by atoms with E-state index in [4.69, 9.17) is 10.8 Å². The molecule has 0 bridgehead atoms. The molecule has 0 radical (unpaired) electrons. The van der Waals surface area contributed by atoms with Gasteiger partial charge in [-0.05, 0) is 25.7 Å². The van der Waals surface area contributed by atoms with E-state index in [9.17, 15) is 9.59 Å². The highest BCUT2D eigenvalue weighted by molar-refractivity contribution is 6.04. The number of rotatable bonds is 3. The molecule has 0 saturated carbocycles. The second-order valence-electron chi connectivity index (χ2n) is 3.19. The zero-order chi connectivity index (χ0) is 10.6.